The minimum atomic E-state index is -0.310. The molecule has 0 saturated heterocycles. The first-order chi connectivity index (χ1) is 21.5. The molecular formula is C39H72O6. The van der Waals surface area contributed by atoms with E-state index in [0.717, 1.165) is 32.1 Å². The van der Waals surface area contributed by atoms with Gasteiger partial charge in [-0.15, -0.1) is 0 Å². The van der Waals surface area contributed by atoms with E-state index in [2.05, 4.69) is 54.4 Å². The van der Waals surface area contributed by atoms with E-state index in [9.17, 15) is 14.4 Å². The lowest BCUT2D eigenvalue weighted by Gasteiger charge is -2.14. The molecule has 2 unspecified atom stereocenters. The zero-order valence-electron chi connectivity index (χ0n) is 30.7. The molecule has 45 heavy (non-hydrogen) atoms. The Kier molecular flexibility index (Phi) is 37.7. The van der Waals surface area contributed by atoms with Crippen molar-refractivity contribution in [1.29, 1.82) is 0 Å². The Balaban J connectivity index is -0.000000598. The van der Waals surface area contributed by atoms with Crippen LogP contribution < -0.4 is 0 Å². The minimum absolute atomic E-state index is 0.258. The zero-order valence-corrected chi connectivity index (χ0v) is 30.7. The van der Waals surface area contributed by atoms with Crippen molar-refractivity contribution >= 4 is 17.9 Å². The summed E-state index contributed by atoms with van der Waals surface area (Å²) in [7, 11) is 0. The van der Waals surface area contributed by atoms with Crippen molar-refractivity contribution in [3.8, 4) is 0 Å². The van der Waals surface area contributed by atoms with Gasteiger partial charge < -0.3 is 14.2 Å². The summed E-state index contributed by atoms with van der Waals surface area (Å²) < 4.78 is 15.1. The zero-order chi connectivity index (χ0) is 34.7. The Morgan fingerprint density at radius 2 is 0.933 bits per heavy atom. The fourth-order valence-corrected chi connectivity index (χ4v) is 4.25. The quantitative estimate of drug-likeness (QED) is 0.0407. The lowest BCUT2D eigenvalue weighted by atomic mass is 10.0. The van der Waals surface area contributed by atoms with Crippen LogP contribution in [-0.4, -0.2) is 37.7 Å². The first-order valence-corrected chi connectivity index (χ1v) is 18.0. The molecule has 6 nitrogen and oxygen atoms in total. The summed E-state index contributed by atoms with van der Waals surface area (Å²) in [6.45, 7) is 26.3. The Morgan fingerprint density at radius 3 is 1.31 bits per heavy atom. The largest absolute Gasteiger partial charge is 0.462 e. The summed E-state index contributed by atoms with van der Waals surface area (Å²) in [6, 6.07) is 0. The van der Waals surface area contributed by atoms with Gasteiger partial charge in [0.05, 0.1) is 19.8 Å². The average Bonchev–Trinajstić information content (AvgIpc) is 3.03. The molecule has 0 fully saturated rings. The van der Waals surface area contributed by atoms with Gasteiger partial charge in [-0.3, -0.25) is 0 Å². The van der Waals surface area contributed by atoms with Crippen LogP contribution >= 0.6 is 0 Å². The Bertz CT molecular complexity index is 757. The standard InChI is InChI=1S/C16H30O2.C12H22O2.C11H20O2/c1-4-5-6-7-8-9-10-11-12-13-14-18-16(17)15(2)3;1-5-7-8-11(6-2)9-14-12(13)10(3)4;1-4-7-8-10(5-2)9-13-11(12)6-3/h2,4-14H2,1,3H3;11H,3,5-9H2,1-2,4H3;6,10H,3-5,7-9H2,1-2H3. The molecule has 0 aliphatic carbocycles. The highest BCUT2D eigenvalue weighted by Gasteiger charge is 2.10. The van der Waals surface area contributed by atoms with Crippen molar-refractivity contribution in [2.24, 2.45) is 11.8 Å². The highest BCUT2D eigenvalue weighted by Crippen LogP contribution is 2.14. The van der Waals surface area contributed by atoms with Gasteiger partial charge in [-0.25, -0.2) is 14.4 Å². The molecule has 0 aliphatic rings. The van der Waals surface area contributed by atoms with Crippen molar-refractivity contribution in [3.63, 3.8) is 0 Å². The average molecular weight is 637 g/mol. The van der Waals surface area contributed by atoms with Crippen LogP contribution in [0.5, 0.6) is 0 Å². The Labute approximate surface area is 278 Å². The third-order valence-electron chi connectivity index (χ3n) is 7.59. The van der Waals surface area contributed by atoms with Crippen LogP contribution in [0.3, 0.4) is 0 Å². The number of unbranched alkanes of at least 4 members (excludes halogenated alkanes) is 11. The summed E-state index contributed by atoms with van der Waals surface area (Å²) in [5, 5.41) is 0. The molecule has 0 saturated carbocycles. The fourth-order valence-electron chi connectivity index (χ4n) is 4.25. The van der Waals surface area contributed by atoms with Crippen LogP contribution in [0.4, 0.5) is 0 Å². The smallest absolute Gasteiger partial charge is 0.333 e. The molecule has 0 heterocycles. The van der Waals surface area contributed by atoms with E-state index in [0.29, 0.717) is 42.8 Å². The molecule has 2 atom stereocenters. The molecule has 0 aromatic heterocycles. The molecule has 0 N–H and O–H groups in total. The second-order valence-corrected chi connectivity index (χ2v) is 12.1. The molecule has 0 radical (unpaired) electrons. The predicted molar refractivity (Wildman–Crippen MR) is 191 cm³/mol. The van der Waals surface area contributed by atoms with E-state index < -0.39 is 0 Å². The molecule has 6 heteroatoms. The maximum atomic E-state index is 11.1. The molecule has 264 valence electrons. The Hall–Kier alpha value is -2.37. The van der Waals surface area contributed by atoms with Gasteiger partial charge in [0, 0.05) is 17.2 Å². The van der Waals surface area contributed by atoms with Gasteiger partial charge in [0.2, 0.25) is 0 Å². The first-order valence-electron chi connectivity index (χ1n) is 18.0. The third-order valence-corrected chi connectivity index (χ3v) is 7.59. The fraction of sp³-hybridized carbons (Fsp3) is 0.769. The van der Waals surface area contributed by atoms with Gasteiger partial charge in [-0.05, 0) is 44.9 Å². The predicted octanol–water partition coefficient (Wildman–Crippen LogP) is 11.3. The lowest BCUT2D eigenvalue weighted by Crippen LogP contribution is -2.14. The van der Waals surface area contributed by atoms with Crippen LogP contribution in [0.15, 0.2) is 37.0 Å². The minimum Gasteiger partial charge on any atom is -0.462 e. The number of esters is 3. The summed E-state index contributed by atoms with van der Waals surface area (Å²) >= 11 is 0. The maximum absolute atomic E-state index is 11.1. The van der Waals surface area contributed by atoms with Crippen LogP contribution in [-0.2, 0) is 28.6 Å². The van der Waals surface area contributed by atoms with Crippen molar-refractivity contribution < 1.29 is 28.6 Å². The maximum Gasteiger partial charge on any atom is 0.333 e. The van der Waals surface area contributed by atoms with E-state index in [1.54, 1.807) is 13.8 Å². The number of carbonyl (C=O) groups excluding carboxylic acids is 3. The third kappa shape index (κ3) is 36.0. The SMILES string of the molecule is C=C(C)C(=O)OCC(CC)CCCC.C=C(C)C(=O)OCCCCCCCCCCCC.C=CC(=O)OCC(CC)CCCC. The van der Waals surface area contributed by atoms with Crippen LogP contribution in [0, 0.1) is 11.8 Å². The van der Waals surface area contributed by atoms with Crippen LogP contribution in [0.25, 0.3) is 0 Å². The number of rotatable bonds is 26. The molecule has 0 spiro atoms. The van der Waals surface area contributed by atoms with E-state index in [1.165, 1.54) is 89.5 Å². The molecule has 0 aromatic rings. The monoisotopic (exact) mass is 637 g/mol. The van der Waals surface area contributed by atoms with Gasteiger partial charge in [0.15, 0.2) is 0 Å². The second kappa shape index (κ2) is 36.1. The normalized spacial score (nSPS) is 11.4. The van der Waals surface area contributed by atoms with Gasteiger partial charge in [0.1, 0.15) is 0 Å². The number of hydrogen-bond donors (Lipinski definition) is 0. The van der Waals surface area contributed by atoms with E-state index >= 15 is 0 Å². The topological polar surface area (TPSA) is 78.9 Å². The van der Waals surface area contributed by atoms with Crippen molar-refractivity contribution in [2.45, 2.75) is 164 Å². The van der Waals surface area contributed by atoms with Crippen LogP contribution in [0.2, 0.25) is 0 Å². The molecule has 0 aromatic carbocycles. The summed E-state index contributed by atoms with van der Waals surface area (Å²) in [6.07, 6.45) is 23.4. The van der Waals surface area contributed by atoms with Crippen LogP contribution in [0.1, 0.15) is 164 Å². The van der Waals surface area contributed by atoms with Gasteiger partial charge in [-0.1, -0.05) is 151 Å². The van der Waals surface area contributed by atoms with Crippen molar-refractivity contribution in [3.05, 3.63) is 37.0 Å². The van der Waals surface area contributed by atoms with Crippen molar-refractivity contribution in [2.75, 3.05) is 19.8 Å². The molecule has 0 aliphatic heterocycles. The lowest BCUT2D eigenvalue weighted by molar-refractivity contribution is -0.141. The summed E-state index contributed by atoms with van der Waals surface area (Å²) in [5.41, 5.74) is 0.970. The molecule has 0 rings (SSSR count). The molecule has 0 amide bonds. The summed E-state index contributed by atoms with van der Waals surface area (Å²) in [5.74, 6) is 0.197. The highest BCUT2D eigenvalue weighted by molar-refractivity contribution is 5.87. The van der Waals surface area contributed by atoms with E-state index in [4.69, 9.17) is 14.2 Å². The van der Waals surface area contributed by atoms with E-state index in [-0.39, 0.29) is 17.9 Å². The molecular weight excluding hydrogens is 564 g/mol. The summed E-state index contributed by atoms with van der Waals surface area (Å²) in [4.78, 5) is 33.0. The van der Waals surface area contributed by atoms with Gasteiger partial charge in [-0.2, -0.15) is 0 Å². The number of hydrogen-bond acceptors (Lipinski definition) is 6. The first kappa shape index (κ1) is 47.0. The highest BCUT2D eigenvalue weighted by atomic mass is 16.5. The molecule has 0 bridgehead atoms. The second-order valence-electron chi connectivity index (χ2n) is 12.1. The van der Waals surface area contributed by atoms with Crippen molar-refractivity contribution in [1.82, 2.24) is 0 Å². The number of carbonyl (C=O) groups is 3. The Morgan fingerprint density at radius 1 is 0.556 bits per heavy atom. The van der Waals surface area contributed by atoms with E-state index in [1.807, 2.05) is 0 Å². The van der Waals surface area contributed by atoms with Gasteiger partial charge in [0.25, 0.3) is 0 Å². The number of ether oxygens (including phenoxy) is 3. The van der Waals surface area contributed by atoms with Gasteiger partial charge >= 0.3 is 17.9 Å².